The highest BCUT2D eigenvalue weighted by Gasteiger charge is 2.27. The van der Waals surface area contributed by atoms with E-state index in [9.17, 15) is 29.6 Å². The van der Waals surface area contributed by atoms with Gasteiger partial charge in [-0.1, -0.05) is 42.1 Å². The molecule has 4 rings (SSSR count). The van der Waals surface area contributed by atoms with E-state index >= 15 is 0 Å². The van der Waals surface area contributed by atoms with Crippen LogP contribution in [0.2, 0.25) is 0 Å². The van der Waals surface area contributed by atoms with Crippen LogP contribution in [0, 0.1) is 10.1 Å². The molecule has 3 aromatic carbocycles. The standard InChI is InChI=1S/C25H20N6O7/c1-38-19-12-16(31(36)37)11-15(22(19)32)13-26-29-25(35)21(27-23(33)14-7-3-2-4-8-14)20-17-9-5-6-10-18(17)24(34)30-28-20/h2-13,21,32H,1H3,(H,27,33)(H,29,35)(H,30,34)/p-1/t21-/m0/s1. The molecule has 1 atom stereocenters. The maximum Gasteiger partial charge on any atom is 0.273 e. The van der Waals surface area contributed by atoms with E-state index in [-0.39, 0.29) is 28.0 Å². The van der Waals surface area contributed by atoms with Gasteiger partial charge in [0.1, 0.15) is 11.4 Å². The maximum atomic E-state index is 13.2. The van der Waals surface area contributed by atoms with Crippen molar-refractivity contribution < 1.29 is 24.4 Å². The van der Waals surface area contributed by atoms with Crippen LogP contribution in [0.1, 0.15) is 27.7 Å². The minimum Gasteiger partial charge on any atom is -0.870 e. The molecule has 0 aliphatic heterocycles. The number of nitrogens with zero attached hydrogens (tertiary/aromatic N) is 3. The molecule has 0 bridgehead atoms. The van der Waals surface area contributed by atoms with Gasteiger partial charge in [0, 0.05) is 17.0 Å². The first-order chi connectivity index (χ1) is 18.3. The molecular formula is C25H19N6O7-. The van der Waals surface area contributed by atoms with E-state index in [0.29, 0.717) is 5.39 Å². The SMILES string of the molecule is COc1cc([N+](=O)[O-])cc(C=NNC(=O)[C@@H](NC(=O)c2ccccc2)c2n[nH]c(=O)c3ccccc23)c1[O-]. The fraction of sp³-hybridized carbons (Fsp3) is 0.0800. The summed E-state index contributed by atoms with van der Waals surface area (Å²) in [5.41, 5.74) is 1.41. The lowest BCUT2D eigenvalue weighted by Crippen LogP contribution is -2.40. The largest absolute Gasteiger partial charge is 0.870 e. The molecule has 0 spiro atoms. The zero-order chi connectivity index (χ0) is 27.2. The van der Waals surface area contributed by atoms with Crippen LogP contribution in [-0.4, -0.2) is 40.3 Å². The lowest BCUT2D eigenvalue weighted by molar-refractivity contribution is -0.385. The molecule has 13 heteroatoms. The maximum absolute atomic E-state index is 13.2. The van der Waals surface area contributed by atoms with Crippen molar-refractivity contribution in [1.82, 2.24) is 20.9 Å². The van der Waals surface area contributed by atoms with Gasteiger partial charge in [0.2, 0.25) is 0 Å². The number of nitrogens with one attached hydrogen (secondary N) is 3. The second-order valence-electron chi connectivity index (χ2n) is 7.81. The molecule has 3 N–H and O–H groups in total. The van der Waals surface area contributed by atoms with Crippen molar-refractivity contribution in [3.8, 4) is 11.5 Å². The van der Waals surface area contributed by atoms with Crippen LogP contribution in [0.5, 0.6) is 11.5 Å². The van der Waals surface area contributed by atoms with Gasteiger partial charge in [0.25, 0.3) is 23.1 Å². The van der Waals surface area contributed by atoms with E-state index in [2.05, 4.69) is 26.0 Å². The number of rotatable bonds is 8. The second-order valence-corrected chi connectivity index (χ2v) is 7.81. The highest BCUT2D eigenvalue weighted by Crippen LogP contribution is 2.31. The molecule has 1 aromatic heterocycles. The first-order valence-electron chi connectivity index (χ1n) is 11.0. The van der Waals surface area contributed by atoms with E-state index in [4.69, 9.17) is 4.74 Å². The fourth-order valence-electron chi connectivity index (χ4n) is 3.61. The van der Waals surface area contributed by atoms with Crippen LogP contribution in [0.3, 0.4) is 0 Å². The third-order valence-corrected chi connectivity index (χ3v) is 5.45. The van der Waals surface area contributed by atoms with E-state index in [1.807, 2.05) is 0 Å². The van der Waals surface area contributed by atoms with Gasteiger partial charge in [-0.05, 0) is 23.8 Å². The van der Waals surface area contributed by atoms with Crippen molar-refractivity contribution in [2.45, 2.75) is 6.04 Å². The van der Waals surface area contributed by atoms with Crippen molar-refractivity contribution in [2.75, 3.05) is 7.11 Å². The number of H-pyrrole nitrogens is 1. The minimum absolute atomic E-state index is 0.0405. The number of fused-ring (bicyclic) bond motifs is 1. The highest BCUT2D eigenvalue weighted by molar-refractivity contribution is 5.99. The summed E-state index contributed by atoms with van der Waals surface area (Å²) in [4.78, 5) is 48.8. The van der Waals surface area contributed by atoms with Gasteiger partial charge in [-0.15, -0.1) is 0 Å². The van der Waals surface area contributed by atoms with Crippen LogP contribution >= 0.6 is 0 Å². The van der Waals surface area contributed by atoms with E-state index in [1.54, 1.807) is 48.5 Å². The molecule has 0 unspecified atom stereocenters. The Balaban J connectivity index is 1.69. The lowest BCUT2D eigenvalue weighted by atomic mass is 10.0. The monoisotopic (exact) mass is 515 g/mol. The number of hydrazone groups is 1. The number of carbonyl (C=O) groups is 2. The van der Waals surface area contributed by atoms with Gasteiger partial charge in [-0.2, -0.15) is 10.2 Å². The number of aromatic amines is 1. The number of nitro benzene ring substituents is 1. The van der Waals surface area contributed by atoms with Gasteiger partial charge in [-0.25, -0.2) is 10.5 Å². The summed E-state index contributed by atoms with van der Waals surface area (Å²) < 4.78 is 4.89. The molecule has 0 fully saturated rings. The van der Waals surface area contributed by atoms with Crippen LogP contribution in [0.4, 0.5) is 5.69 Å². The average Bonchev–Trinajstić information content (AvgIpc) is 2.93. The molecule has 4 aromatic rings. The Bertz CT molecular complexity index is 1620. The number of benzene rings is 3. The second kappa shape index (κ2) is 11.0. The Hall–Kier alpha value is -5.59. The number of carbonyl (C=O) groups excluding carboxylic acids is 2. The summed E-state index contributed by atoms with van der Waals surface area (Å²) in [7, 11) is 1.19. The molecular weight excluding hydrogens is 496 g/mol. The van der Waals surface area contributed by atoms with Gasteiger partial charge in [0.15, 0.2) is 6.04 Å². The summed E-state index contributed by atoms with van der Waals surface area (Å²) in [6.45, 7) is 0. The molecule has 0 aliphatic carbocycles. The Kier molecular flexibility index (Phi) is 7.38. The van der Waals surface area contributed by atoms with Gasteiger partial charge < -0.3 is 15.2 Å². The van der Waals surface area contributed by atoms with Crippen molar-refractivity contribution in [1.29, 1.82) is 0 Å². The fourth-order valence-corrected chi connectivity index (χ4v) is 3.61. The molecule has 0 saturated heterocycles. The number of aromatic nitrogens is 2. The zero-order valence-corrected chi connectivity index (χ0v) is 19.7. The number of amides is 2. The molecule has 0 saturated carbocycles. The predicted molar refractivity (Wildman–Crippen MR) is 134 cm³/mol. The minimum atomic E-state index is -1.42. The zero-order valence-electron chi connectivity index (χ0n) is 19.7. The van der Waals surface area contributed by atoms with E-state index < -0.39 is 39.8 Å². The molecule has 2 amide bonds. The van der Waals surface area contributed by atoms with Gasteiger partial charge in [-0.3, -0.25) is 24.5 Å². The van der Waals surface area contributed by atoms with Crippen molar-refractivity contribution in [2.24, 2.45) is 5.10 Å². The third kappa shape index (κ3) is 5.31. The number of hydrogen-bond donors (Lipinski definition) is 3. The smallest absolute Gasteiger partial charge is 0.273 e. The number of ether oxygens (including phenoxy) is 1. The molecule has 38 heavy (non-hydrogen) atoms. The highest BCUT2D eigenvalue weighted by atomic mass is 16.6. The molecule has 1 heterocycles. The number of nitro groups is 1. The first kappa shape index (κ1) is 25.5. The predicted octanol–water partition coefficient (Wildman–Crippen LogP) is 1.53. The average molecular weight is 515 g/mol. The van der Waals surface area contributed by atoms with E-state index in [1.165, 1.54) is 13.2 Å². The van der Waals surface area contributed by atoms with Gasteiger partial charge in [0.05, 0.1) is 29.7 Å². The topological polar surface area (TPSA) is 192 Å². The van der Waals surface area contributed by atoms with Crippen LogP contribution < -0.4 is 26.1 Å². The number of methoxy groups -OCH3 is 1. The molecule has 13 nitrogen and oxygen atoms in total. The summed E-state index contributed by atoms with van der Waals surface area (Å²) >= 11 is 0. The van der Waals surface area contributed by atoms with Gasteiger partial charge >= 0.3 is 0 Å². The number of hydrogen-bond acceptors (Lipinski definition) is 9. The Morgan fingerprint density at radius 1 is 1.11 bits per heavy atom. The summed E-state index contributed by atoms with van der Waals surface area (Å²) in [6, 6.07) is 15.0. The summed E-state index contributed by atoms with van der Waals surface area (Å²) in [5.74, 6) is -2.42. The third-order valence-electron chi connectivity index (χ3n) is 5.45. The quantitative estimate of drug-likeness (QED) is 0.179. The van der Waals surface area contributed by atoms with E-state index in [0.717, 1.165) is 18.3 Å². The summed E-state index contributed by atoms with van der Waals surface area (Å²) in [6.07, 6.45) is 0.921. The molecule has 0 radical (unpaired) electrons. The Morgan fingerprint density at radius 2 is 1.79 bits per heavy atom. The van der Waals surface area contributed by atoms with Crippen LogP contribution in [0.15, 0.2) is 76.6 Å². The van der Waals surface area contributed by atoms with Crippen molar-refractivity contribution >= 4 is 34.5 Å². The molecule has 192 valence electrons. The molecule has 0 aliphatic rings. The van der Waals surface area contributed by atoms with Crippen LogP contribution in [0.25, 0.3) is 10.8 Å². The summed E-state index contributed by atoms with van der Waals surface area (Å²) in [5, 5.41) is 36.8. The van der Waals surface area contributed by atoms with Crippen molar-refractivity contribution in [3.05, 3.63) is 104 Å². The van der Waals surface area contributed by atoms with Crippen LogP contribution in [-0.2, 0) is 4.79 Å². The Labute approximate surface area is 213 Å². The Morgan fingerprint density at radius 3 is 2.47 bits per heavy atom. The number of non-ortho nitro benzene ring substituents is 1. The van der Waals surface area contributed by atoms with Crippen molar-refractivity contribution in [3.63, 3.8) is 0 Å². The normalized spacial score (nSPS) is 11.7. The lowest BCUT2D eigenvalue weighted by Gasteiger charge is -2.18. The first-order valence-corrected chi connectivity index (χ1v) is 11.0.